The zero-order valence-corrected chi connectivity index (χ0v) is 17.5. The Morgan fingerprint density at radius 3 is 2.47 bits per heavy atom. The van der Waals surface area contributed by atoms with Gasteiger partial charge < -0.3 is 21.3 Å². The van der Waals surface area contributed by atoms with Gasteiger partial charge in [0.15, 0.2) is 11.4 Å². The van der Waals surface area contributed by atoms with E-state index in [0.717, 1.165) is 12.8 Å². The van der Waals surface area contributed by atoms with E-state index in [1.807, 2.05) is 0 Å². The van der Waals surface area contributed by atoms with E-state index in [1.54, 1.807) is 9.58 Å². The summed E-state index contributed by atoms with van der Waals surface area (Å²) in [5, 5.41) is 36.3. The summed E-state index contributed by atoms with van der Waals surface area (Å²) in [4.78, 5) is 13.8. The predicted octanol–water partition coefficient (Wildman–Crippen LogP) is 1.34. The Bertz CT molecular complexity index is 907. The number of alkyl halides is 3. The van der Waals surface area contributed by atoms with Crippen molar-refractivity contribution in [2.24, 2.45) is 11.7 Å². The number of nitriles is 1. The molecule has 0 aromatic carbocycles. The molecule has 9 nitrogen and oxygen atoms in total. The van der Waals surface area contributed by atoms with Crippen molar-refractivity contribution in [1.29, 1.82) is 5.26 Å². The number of amides is 1. The number of halogens is 3. The first-order valence-corrected chi connectivity index (χ1v) is 10.7. The lowest BCUT2D eigenvalue weighted by atomic mass is 9.75. The first-order valence-electron chi connectivity index (χ1n) is 10.7. The van der Waals surface area contributed by atoms with E-state index in [4.69, 9.17) is 5.73 Å². The smallest absolute Gasteiger partial charge is 0.378 e. The Labute approximate surface area is 183 Å². The number of anilines is 1. The fraction of sp³-hybridized carbons (Fsp3) is 0.750. The summed E-state index contributed by atoms with van der Waals surface area (Å²) >= 11 is 0. The van der Waals surface area contributed by atoms with Crippen LogP contribution in [0.1, 0.15) is 56.7 Å². The number of nitrogens with one attached hydrogen (secondary N) is 1. The van der Waals surface area contributed by atoms with Gasteiger partial charge in [0.2, 0.25) is 5.91 Å². The van der Waals surface area contributed by atoms with Crippen LogP contribution in [-0.2, 0) is 10.3 Å². The van der Waals surface area contributed by atoms with Gasteiger partial charge in [-0.3, -0.25) is 14.4 Å². The minimum absolute atomic E-state index is 0.0710. The number of aliphatic hydroxyl groups excluding tert-OH is 1. The molecule has 32 heavy (non-hydrogen) atoms. The molecule has 1 atom stereocenters. The van der Waals surface area contributed by atoms with E-state index < -0.39 is 36.6 Å². The third kappa shape index (κ3) is 4.10. The van der Waals surface area contributed by atoms with E-state index in [1.165, 1.54) is 6.20 Å². The van der Waals surface area contributed by atoms with Gasteiger partial charge in [-0.25, -0.2) is 0 Å². The van der Waals surface area contributed by atoms with Gasteiger partial charge in [0, 0.05) is 31.2 Å². The molecular weight excluding hydrogens is 429 g/mol. The van der Waals surface area contributed by atoms with Crippen LogP contribution < -0.4 is 11.1 Å². The van der Waals surface area contributed by atoms with Gasteiger partial charge in [-0.05, 0) is 38.5 Å². The van der Waals surface area contributed by atoms with Gasteiger partial charge >= 0.3 is 6.18 Å². The van der Waals surface area contributed by atoms with Crippen LogP contribution in [-0.4, -0.2) is 61.7 Å². The normalized spacial score (nSPS) is 29.1. The van der Waals surface area contributed by atoms with Gasteiger partial charge in [-0.15, -0.1) is 0 Å². The summed E-state index contributed by atoms with van der Waals surface area (Å²) in [6.45, 7) is -0.899. The van der Waals surface area contributed by atoms with Crippen molar-refractivity contribution < 1.29 is 28.2 Å². The lowest BCUT2D eigenvalue weighted by molar-refractivity contribution is -0.307. The van der Waals surface area contributed by atoms with Crippen LogP contribution in [0.4, 0.5) is 19.0 Å². The highest BCUT2D eigenvalue weighted by molar-refractivity contribution is 5.93. The summed E-state index contributed by atoms with van der Waals surface area (Å²) in [6.07, 6.45) is -0.762. The highest BCUT2D eigenvalue weighted by atomic mass is 19.4. The Morgan fingerprint density at radius 2 is 1.97 bits per heavy atom. The number of carbonyl (C=O) groups excluding carboxylic acids is 1. The molecular formula is C20H27F3N6O3. The molecule has 1 aliphatic heterocycles. The van der Waals surface area contributed by atoms with Gasteiger partial charge in [0.05, 0.1) is 23.6 Å². The third-order valence-corrected chi connectivity index (χ3v) is 7.00. The second-order valence-corrected chi connectivity index (χ2v) is 9.31. The predicted molar refractivity (Wildman–Crippen MR) is 106 cm³/mol. The van der Waals surface area contributed by atoms with Crippen LogP contribution in [0.3, 0.4) is 0 Å². The highest BCUT2D eigenvalue weighted by Crippen LogP contribution is 2.44. The summed E-state index contributed by atoms with van der Waals surface area (Å²) in [5.74, 6) is -0.0993. The van der Waals surface area contributed by atoms with Crippen LogP contribution in [0.5, 0.6) is 0 Å². The van der Waals surface area contributed by atoms with E-state index >= 15 is 0 Å². The van der Waals surface area contributed by atoms with Crippen LogP contribution in [0, 0.1) is 17.2 Å². The molecule has 2 aliphatic carbocycles. The standard InChI is InChI=1S/C20H27F3N6O3/c21-20(22,23)19(32)10-28(11-19)13-3-5-18(6-4-13,7-8-24)29-9-14(15(25)30)16(27-29)26-17(31)12-1-2-12/h9,12-13,15,30,32H,1-7,10-11,25H2,(H,26,27,31). The number of carbonyl (C=O) groups is 1. The molecule has 12 heteroatoms. The molecule has 176 valence electrons. The minimum atomic E-state index is -4.65. The maximum atomic E-state index is 12.9. The largest absolute Gasteiger partial charge is 0.419 e. The Kier molecular flexibility index (Phi) is 5.73. The van der Waals surface area contributed by atoms with E-state index in [2.05, 4.69) is 16.5 Å². The Hall–Kier alpha value is -2.20. The molecule has 5 N–H and O–H groups in total. The quantitative estimate of drug-likeness (QED) is 0.474. The molecule has 1 saturated heterocycles. The van der Waals surface area contributed by atoms with Gasteiger partial charge in [0.25, 0.3) is 0 Å². The topological polar surface area (TPSA) is 140 Å². The van der Waals surface area contributed by atoms with Crippen molar-refractivity contribution >= 4 is 11.7 Å². The maximum absolute atomic E-state index is 12.9. The second kappa shape index (κ2) is 7.98. The number of β-amino-alcohol motifs (C(OH)–C–C–N with tert-alkyl or cyclic N) is 1. The Morgan fingerprint density at radius 1 is 1.34 bits per heavy atom. The molecule has 1 unspecified atom stereocenters. The van der Waals surface area contributed by atoms with Crippen LogP contribution in [0.2, 0.25) is 0 Å². The first-order chi connectivity index (χ1) is 15.0. The molecule has 3 aliphatic rings. The number of aliphatic hydroxyl groups is 2. The van der Waals surface area contributed by atoms with Crippen molar-refractivity contribution in [3.8, 4) is 6.07 Å². The van der Waals surface area contributed by atoms with Crippen molar-refractivity contribution in [3.63, 3.8) is 0 Å². The molecule has 0 bridgehead atoms. The molecule has 0 radical (unpaired) electrons. The minimum Gasteiger partial charge on any atom is -0.378 e. The SMILES string of the molecule is N#CCC1(n2cc(C(N)O)c(NC(=O)C3CC3)n2)CCC(N2CC(O)(C(F)(F)F)C2)CC1. The van der Waals surface area contributed by atoms with E-state index in [0.29, 0.717) is 25.7 Å². The lowest BCUT2D eigenvalue weighted by Crippen LogP contribution is -2.71. The molecule has 1 aromatic heterocycles. The average Bonchev–Trinajstić information content (AvgIpc) is 3.46. The van der Waals surface area contributed by atoms with E-state index in [-0.39, 0.29) is 35.7 Å². The number of nitrogens with two attached hydrogens (primary N) is 1. The Balaban J connectivity index is 1.48. The number of hydrogen-bond acceptors (Lipinski definition) is 7. The molecule has 1 aromatic rings. The van der Waals surface area contributed by atoms with Crippen LogP contribution in [0.25, 0.3) is 0 Å². The molecule has 4 rings (SSSR count). The van der Waals surface area contributed by atoms with Gasteiger partial charge in [-0.2, -0.15) is 23.5 Å². The number of hydrogen-bond donors (Lipinski definition) is 4. The number of likely N-dealkylation sites (tertiary alicyclic amines) is 1. The van der Waals surface area contributed by atoms with Crippen molar-refractivity contribution in [2.45, 2.75) is 74.5 Å². The molecule has 1 amide bonds. The second-order valence-electron chi connectivity index (χ2n) is 9.31. The summed E-state index contributed by atoms with van der Waals surface area (Å²) < 4.78 is 40.4. The average molecular weight is 456 g/mol. The van der Waals surface area contributed by atoms with Gasteiger partial charge in [-0.1, -0.05) is 0 Å². The zero-order chi connectivity index (χ0) is 23.3. The fourth-order valence-electron chi connectivity index (χ4n) is 4.71. The molecule has 3 fully saturated rings. The van der Waals surface area contributed by atoms with E-state index in [9.17, 15) is 33.4 Å². The van der Waals surface area contributed by atoms with Crippen LogP contribution in [0.15, 0.2) is 6.20 Å². The molecule has 2 saturated carbocycles. The third-order valence-electron chi connectivity index (χ3n) is 7.00. The van der Waals surface area contributed by atoms with Crippen molar-refractivity contribution in [2.75, 3.05) is 18.4 Å². The highest BCUT2D eigenvalue weighted by Gasteiger charge is 2.62. The van der Waals surface area contributed by atoms with Crippen molar-refractivity contribution in [1.82, 2.24) is 14.7 Å². The number of rotatable bonds is 6. The first kappa shape index (κ1) is 23.0. The zero-order valence-electron chi connectivity index (χ0n) is 17.5. The summed E-state index contributed by atoms with van der Waals surface area (Å²) in [7, 11) is 0. The van der Waals surface area contributed by atoms with Crippen LogP contribution >= 0.6 is 0 Å². The monoisotopic (exact) mass is 456 g/mol. The lowest BCUT2D eigenvalue weighted by Gasteiger charge is -2.52. The summed E-state index contributed by atoms with van der Waals surface area (Å²) in [6, 6.07) is 2.03. The summed E-state index contributed by atoms with van der Waals surface area (Å²) in [5.41, 5.74) is 2.52. The number of aromatic nitrogens is 2. The molecule has 0 spiro atoms. The number of nitrogens with zero attached hydrogens (tertiary/aromatic N) is 4. The molecule has 2 heterocycles. The fourth-order valence-corrected chi connectivity index (χ4v) is 4.71. The van der Waals surface area contributed by atoms with Gasteiger partial charge in [0.1, 0.15) is 6.23 Å². The maximum Gasteiger partial charge on any atom is 0.419 e. The van der Waals surface area contributed by atoms with Crippen molar-refractivity contribution in [3.05, 3.63) is 11.8 Å².